The molecule has 0 atom stereocenters. The maximum absolute atomic E-state index is 11.5. The number of methoxy groups -OCH3 is 2. The summed E-state index contributed by atoms with van der Waals surface area (Å²) in [6.07, 6.45) is 0. The number of benzene rings is 3. The molecule has 0 aliphatic heterocycles. The van der Waals surface area contributed by atoms with E-state index in [9.17, 15) is 13.5 Å². The lowest BCUT2D eigenvalue weighted by molar-refractivity contribution is 0.415. The average molecular weight is 407 g/mol. The predicted molar refractivity (Wildman–Crippen MR) is 102 cm³/mol. The van der Waals surface area contributed by atoms with Gasteiger partial charge >= 0.3 is 0 Å². The Kier molecular flexibility index (Phi) is 5.20. The van der Waals surface area contributed by atoms with Gasteiger partial charge in [-0.1, -0.05) is 24.3 Å². The van der Waals surface area contributed by atoms with Crippen LogP contribution in [0.3, 0.4) is 0 Å². The van der Waals surface area contributed by atoms with Crippen molar-refractivity contribution in [3.05, 3.63) is 48.5 Å². The number of ether oxygens (including phenoxy) is 2. The quantitative estimate of drug-likeness (QED) is 0.479. The molecule has 0 unspecified atom stereocenters. The smallest absolute Gasteiger partial charge is 0.261 e. The number of fused-ring (bicyclic) bond motifs is 1. The van der Waals surface area contributed by atoms with Crippen LogP contribution in [0.2, 0.25) is 0 Å². The summed E-state index contributed by atoms with van der Waals surface area (Å²) in [5, 5.41) is 19.8. The van der Waals surface area contributed by atoms with E-state index >= 15 is 0 Å². The van der Waals surface area contributed by atoms with Crippen LogP contribution in [-0.4, -0.2) is 27.7 Å². The molecule has 0 saturated carbocycles. The fourth-order valence-corrected chi connectivity index (χ4v) is 3.34. The standard InChI is InChI=1S/C18H15ClN2O5S/c1-25-16-8-7-11(27(19,23)24)9-14(16)20-21-15-10-17(26-2)12-5-3-4-6-13(12)18(15)22/h3-10,22H,1-2H3/b21-20+. The summed E-state index contributed by atoms with van der Waals surface area (Å²) in [4.78, 5) is -0.140. The lowest BCUT2D eigenvalue weighted by Crippen LogP contribution is -1.91. The number of hydrogen-bond donors (Lipinski definition) is 1. The first-order chi connectivity index (χ1) is 12.8. The molecule has 0 saturated heterocycles. The number of hydrogen-bond acceptors (Lipinski definition) is 7. The fraction of sp³-hybridized carbons (Fsp3) is 0.111. The second-order valence-corrected chi connectivity index (χ2v) is 8.03. The van der Waals surface area contributed by atoms with Gasteiger partial charge in [-0.05, 0) is 18.2 Å². The third-order valence-corrected chi connectivity index (χ3v) is 5.23. The van der Waals surface area contributed by atoms with E-state index in [-0.39, 0.29) is 22.0 Å². The zero-order chi connectivity index (χ0) is 19.6. The third-order valence-electron chi connectivity index (χ3n) is 3.88. The summed E-state index contributed by atoms with van der Waals surface area (Å²) < 4.78 is 33.6. The van der Waals surface area contributed by atoms with Gasteiger partial charge in [0.15, 0.2) is 5.75 Å². The molecule has 0 heterocycles. The molecule has 3 aromatic rings. The molecule has 7 nitrogen and oxygen atoms in total. The topological polar surface area (TPSA) is 97.6 Å². The van der Waals surface area contributed by atoms with Crippen LogP contribution in [0.25, 0.3) is 10.8 Å². The lowest BCUT2D eigenvalue weighted by atomic mass is 10.1. The van der Waals surface area contributed by atoms with Crippen molar-refractivity contribution in [1.29, 1.82) is 0 Å². The van der Waals surface area contributed by atoms with Crippen molar-refractivity contribution < 1.29 is 23.0 Å². The Bertz CT molecular complexity index is 1150. The van der Waals surface area contributed by atoms with E-state index in [1.807, 2.05) is 12.1 Å². The summed E-state index contributed by atoms with van der Waals surface area (Å²) >= 11 is 0. The molecule has 0 aliphatic carbocycles. The number of phenolic OH excluding ortho intramolecular Hbond substituents is 1. The normalized spacial score (nSPS) is 11.8. The Hall–Kier alpha value is -2.84. The highest BCUT2D eigenvalue weighted by atomic mass is 35.7. The molecule has 0 amide bonds. The van der Waals surface area contributed by atoms with Gasteiger partial charge in [0.2, 0.25) is 0 Å². The van der Waals surface area contributed by atoms with Crippen LogP contribution in [0, 0.1) is 0 Å². The average Bonchev–Trinajstić information content (AvgIpc) is 2.66. The van der Waals surface area contributed by atoms with E-state index in [4.69, 9.17) is 20.2 Å². The Morgan fingerprint density at radius 2 is 1.52 bits per heavy atom. The van der Waals surface area contributed by atoms with E-state index in [2.05, 4.69) is 10.2 Å². The van der Waals surface area contributed by atoms with Crippen LogP contribution in [-0.2, 0) is 9.05 Å². The molecule has 3 aromatic carbocycles. The first-order valence-electron chi connectivity index (χ1n) is 7.68. The number of nitrogens with zero attached hydrogens (tertiary/aromatic N) is 2. The summed E-state index contributed by atoms with van der Waals surface area (Å²) in [7, 11) is 4.37. The minimum atomic E-state index is -3.94. The van der Waals surface area contributed by atoms with Crippen LogP contribution in [0.1, 0.15) is 0 Å². The van der Waals surface area contributed by atoms with E-state index < -0.39 is 9.05 Å². The van der Waals surface area contributed by atoms with Crippen molar-refractivity contribution in [2.75, 3.05) is 14.2 Å². The largest absolute Gasteiger partial charge is 0.505 e. The molecule has 1 N–H and O–H groups in total. The molecule has 3 rings (SSSR count). The van der Waals surface area contributed by atoms with Gasteiger partial charge in [0, 0.05) is 27.5 Å². The Balaban J connectivity index is 2.13. The van der Waals surface area contributed by atoms with Crippen LogP contribution in [0.4, 0.5) is 11.4 Å². The Labute approximate surface area is 160 Å². The van der Waals surface area contributed by atoms with Crippen LogP contribution >= 0.6 is 10.7 Å². The number of azo groups is 1. The predicted octanol–water partition coefficient (Wildman–Crippen LogP) is 4.91. The van der Waals surface area contributed by atoms with Crippen molar-refractivity contribution in [1.82, 2.24) is 0 Å². The molecule has 0 aromatic heterocycles. The van der Waals surface area contributed by atoms with Crippen molar-refractivity contribution >= 4 is 41.9 Å². The molecule has 27 heavy (non-hydrogen) atoms. The van der Waals surface area contributed by atoms with Gasteiger partial charge in [-0.15, -0.1) is 10.2 Å². The van der Waals surface area contributed by atoms with E-state index in [1.54, 1.807) is 12.1 Å². The molecule has 0 fully saturated rings. The number of phenols is 1. The van der Waals surface area contributed by atoms with Crippen LogP contribution in [0.15, 0.2) is 63.7 Å². The molecule has 0 aliphatic rings. The highest BCUT2D eigenvalue weighted by Crippen LogP contribution is 2.42. The second-order valence-electron chi connectivity index (χ2n) is 5.46. The molecular weight excluding hydrogens is 392 g/mol. The molecule has 0 spiro atoms. The molecular formula is C18H15ClN2O5S. The van der Waals surface area contributed by atoms with Gasteiger partial charge in [0.1, 0.15) is 22.9 Å². The molecule has 9 heteroatoms. The third kappa shape index (κ3) is 3.81. The van der Waals surface area contributed by atoms with Gasteiger partial charge in [-0.2, -0.15) is 0 Å². The van der Waals surface area contributed by atoms with E-state index in [0.717, 1.165) is 5.39 Å². The number of aromatic hydroxyl groups is 1. The molecule has 0 bridgehead atoms. The van der Waals surface area contributed by atoms with Gasteiger partial charge in [-0.3, -0.25) is 0 Å². The zero-order valence-electron chi connectivity index (χ0n) is 14.4. The van der Waals surface area contributed by atoms with Crippen molar-refractivity contribution in [3.63, 3.8) is 0 Å². The fourth-order valence-electron chi connectivity index (χ4n) is 2.57. The van der Waals surface area contributed by atoms with Crippen molar-refractivity contribution in [2.24, 2.45) is 10.2 Å². The van der Waals surface area contributed by atoms with Crippen molar-refractivity contribution in [3.8, 4) is 17.2 Å². The summed E-state index contributed by atoms with van der Waals surface area (Å²) in [5.74, 6) is 0.742. The van der Waals surface area contributed by atoms with Gasteiger partial charge in [0.05, 0.1) is 19.1 Å². The number of rotatable bonds is 5. The van der Waals surface area contributed by atoms with Gasteiger partial charge in [-0.25, -0.2) is 8.42 Å². The lowest BCUT2D eigenvalue weighted by Gasteiger charge is -2.09. The maximum Gasteiger partial charge on any atom is 0.261 e. The Morgan fingerprint density at radius 3 is 2.15 bits per heavy atom. The zero-order valence-corrected chi connectivity index (χ0v) is 16.0. The summed E-state index contributed by atoms with van der Waals surface area (Å²) in [6, 6.07) is 12.6. The Morgan fingerprint density at radius 1 is 0.889 bits per heavy atom. The molecule has 0 radical (unpaired) electrons. The van der Waals surface area contributed by atoms with Gasteiger partial charge in [0.25, 0.3) is 9.05 Å². The maximum atomic E-state index is 11.5. The van der Waals surface area contributed by atoms with Gasteiger partial charge < -0.3 is 14.6 Å². The highest BCUT2D eigenvalue weighted by molar-refractivity contribution is 8.13. The highest BCUT2D eigenvalue weighted by Gasteiger charge is 2.15. The first kappa shape index (κ1) is 18.9. The second kappa shape index (κ2) is 7.42. The molecule has 140 valence electrons. The summed E-state index contributed by atoms with van der Waals surface area (Å²) in [6.45, 7) is 0. The van der Waals surface area contributed by atoms with E-state index in [0.29, 0.717) is 16.9 Å². The van der Waals surface area contributed by atoms with Crippen LogP contribution < -0.4 is 9.47 Å². The van der Waals surface area contributed by atoms with Crippen molar-refractivity contribution in [2.45, 2.75) is 4.90 Å². The van der Waals surface area contributed by atoms with Crippen LogP contribution in [0.5, 0.6) is 17.2 Å². The van der Waals surface area contributed by atoms with E-state index in [1.165, 1.54) is 38.5 Å². The minimum absolute atomic E-state index is 0.0739. The number of halogens is 1. The monoisotopic (exact) mass is 406 g/mol. The first-order valence-corrected chi connectivity index (χ1v) is 9.99. The summed E-state index contributed by atoms with van der Waals surface area (Å²) in [5.41, 5.74) is 0.303. The minimum Gasteiger partial charge on any atom is -0.505 e. The SMILES string of the molecule is COc1ccc(S(=O)(=O)Cl)cc1/N=N/c1cc(OC)c2ccccc2c1O.